The zero-order valence-corrected chi connectivity index (χ0v) is 12.5. The first-order chi connectivity index (χ1) is 9.69. The Labute approximate surface area is 121 Å². The topological polar surface area (TPSA) is 70.6 Å². The Morgan fingerprint density at radius 1 is 1.25 bits per heavy atom. The molecular formula is C13H16N6S. The van der Waals surface area contributed by atoms with Gasteiger partial charge < -0.3 is 9.88 Å². The van der Waals surface area contributed by atoms with Gasteiger partial charge in [0.05, 0.1) is 11.2 Å². The predicted molar refractivity (Wildman–Crippen MR) is 81.1 cm³/mol. The van der Waals surface area contributed by atoms with Crippen molar-refractivity contribution in [2.75, 3.05) is 19.0 Å². The van der Waals surface area contributed by atoms with Crippen molar-refractivity contribution in [1.29, 1.82) is 0 Å². The first-order valence-electron chi connectivity index (χ1n) is 6.54. The van der Waals surface area contributed by atoms with Gasteiger partial charge >= 0.3 is 0 Å². The lowest BCUT2D eigenvalue weighted by Gasteiger charge is -2.09. The molecule has 3 aromatic rings. The van der Waals surface area contributed by atoms with Crippen LogP contribution in [0.25, 0.3) is 21.9 Å². The van der Waals surface area contributed by atoms with Crippen molar-refractivity contribution < 1.29 is 0 Å². The summed E-state index contributed by atoms with van der Waals surface area (Å²) in [5.74, 6) is 1.70. The lowest BCUT2D eigenvalue weighted by atomic mass is 10.2. The number of aromatic nitrogens is 5. The highest BCUT2D eigenvalue weighted by Gasteiger charge is 2.14. The second-order valence-corrected chi connectivity index (χ2v) is 5.57. The molecule has 7 heteroatoms. The first kappa shape index (κ1) is 13.0. The standard InChI is InChI=1S/C13H16N6S/c1-4-5-8-11(20-18-17-8)13-14-9-6-7-10(19(2)3)15-12(9)16-13/h6-7H,4-5H2,1-3H3,(H,14,15,16). The minimum absolute atomic E-state index is 0.724. The molecule has 3 heterocycles. The molecule has 0 spiro atoms. The van der Waals surface area contributed by atoms with E-state index in [2.05, 4.69) is 31.5 Å². The maximum Gasteiger partial charge on any atom is 0.180 e. The van der Waals surface area contributed by atoms with Crippen molar-refractivity contribution in [2.45, 2.75) is 19.8 Å². The fourth-order valence-electron chi connectivity index (χ4n) is 2.03. The second-order valence-electron chi connectivity index (χ2n) is 4.82. The highest BCUT2D eigenvalue weighted by molar-refractivity contribution is 7.09. The second kappa shape index (κ2) is 5.16. The molecular weight excluding hydrogens is 272 g/mol. The molecule has 0 fully saturated rings. The van der Waals surface area contributed by atoms with Gasteiger partial charge in [-0.3, -0.25) is 0 Å². The van der Waals surface area contributed by atoms with E-state index in [1.165, 1.54) is 11.5 Å². The minimum atomic E-state index is 0.724. The van der Waals surface area contributed by atoms with Crippen molar-refractivity contribution in [3.8, 4) is 10.7 Å². The van der Waals surface area contributed by atoms with Gasteiger partial charge in [-0.1, -0.05) is 17.8 Å². The monoisotopic (exact) mass is 288 g/mol. The molecule has 0 radical (unpaired) electrons. The van der Waals surface area contributed by atoms with Crippen LogP contribution in [0.15, 0.2) is 12.1 Å². The summed E-state index contributed by atoms with van der Waals surface area (Å²) in [6.07, 6.45) is 1.96. The maximum atomic E-state index is 4.58. The molecule has 0 aliphatic heterocycles. The van der Waals surface area contributed by atoms with Crippen LogP contribution >= 0.6 is 11.5 Å². The summed E-state index contributed by atoms with van der Waals surface area (Å²) < 4.78 is 4.04. The summed E-state index contributed by atoms with van der Waals surface area (Å²) in [5, 5.41) is 4.18. The average Bonchev–Trinajstić information content (AvgIpc) is 3.03. The summed E-state index contributed by atoms with van der Waals surface area (Å²) in [7, 11) is 3.93. The summed E-state index contributed by atoms with van der Waals surface area (Å²) in [6, 6.07) is 3.98. The molecule has 20 heavy (non-hydrogen) atoms. The van der Waals surface area contributed by atoms with E-state index in [0.29, 0.717) is 0 Å². The van der Waals surface area contributed by atoms with Gasteiger partial charge in [-0.05, 0) is 30.1 Å². The number of anilines is 1. The van der Waals surface area contributed by atoms with Crippen molar-refractivity contribution in [3.05, 3.63) is 17.8 Å². The maximum absolute atomic E-state index is 4.58. The van der Waals surface area contributed by atoms with Crippen molar-refractivity contribution in [2.24, 2.45) is 0 Å². The van der Waals surface area contributed by atoms with Crippen molar-refractivity contribution in [3.63, 3.8) is 0 Å². The summed E-state index contributed by atoms with van der Waals surface area (Å²) in [5.41, 5.74) is 2.66. The lowest BCUT2D eigenvalue weighted by Crippen LogP contribution is -2.10. The average molecular weight is 288 g/mol. The molecule has 0 unspecified atom stereocenters. The predicted octanol–water partition coefficient (Wildman–Crippen LogP) is 2.49. The largest absolute Gasteiger partial charge is 0.363 e. The Balaban J connectivity index is 2.06. The van der Waals surface area contributed by atoms with Crippen LogP contribution in [0, 0.1) is 0 Å². The molecule has 0 bridgehead atoms. The third-order valence-electron chi connectivity index (χ3n) is 3.05. The van der Waals surface area contributed by atoms with Crippen molar-refractivity contribution >= 4 is 28.5 Å². The number of H-pyrrole nitrogens is 1. The third kappa shape index (κ3) is 2.24. The highest BCUT2D eigenvalue weighted by atomic mass is 32.1. The van der Waals surface area contributed by atoms with Gasteiger partial charge in [0, 0.05) is 14.1 Å². The normalized spacial score (nSPS) is 11.2. The van der Waals surface area contributed by atoms with E-state index >= 15 is 0 Å². The zero-order valence-electron chi connectivity index (χ0n) is 11.7. The van der Waals surface area contributed by atoms with Gasteiger partial charge in [0.2, 0.25) is 0 Å². The van der Waals surface area contributed by atoms with Crippen LogP contribution in [0.3, 0.4) is 0 Å². The van der Waals surface area contributed by atoms with Crippen LogP contribution < -0.4 is 4.90 Å². The minimum Gasteiger partial charge on any atom is -0.363 e. The van der Waals surface area contributed by atoms with E-state index < -0.39 is 0 Å². The number of hydrogen-bond acceptors (Lipinski definition) is 6. The Morgan fingerprint density at radius 3 is 2.85 bits per heavy atom. The van der Waals surface area contributed by atoms with E-state index in [1.54, 1.807) is 0 Å². The number of aromatic amines is 1. The smallest absolute Gasteiger partial charge is 0.180 e. The molecule has 1 N–H and O–H groups in total. The van der Waals surface area contributed by atoms with Crippen molar-refractivity contribution in [1.82, 2.24) is 24.5 Å². The molecule has 0 aromatic carbocycles. The molecule has 6 nitrogen and oxygen atoms in total. The molecule has 0 aliphatic carbocycles. The van der Waals surface area contributed by atoms with Gasteiger partial charge in [-0.25, -0.2) is 9.97 Å². The molecule has 104 valence electrons. The van der Waals surface area contributed by atoms with Gasteiger partial charge in [0.1, 0.15) is 10.7 Å². The Kier molecular flexibility index (Phi) is 3.35. The number of nitrogens with one attached hydrogen (secondary N) is 1. The van der Waals surface area contributed by atoms with E-state index in [9.17, 15) is 0 Å². The number of nitrogens with zero attached hydrogens (tertiary/aromatic N) is 5. The van der Waals surface area contributed by atoms with E-state index in [1.807, 2.05) is 31.1 Å². The molecule has 0 aliphatic rings. The summed E-state index contributed by atoms with van der Waals surface area (Å²) >= 11 is 1.38. The quantitative estimate of drug-likeness (QED) is 0.798. The van der Waals surface area contributed by atoms with Crippen LogP contribution in [0.2, 0.25) is 0 Å². The Hall–Kier alpha value is -2.02. The van der Waals surface area contributed by atoms with Gasteiger partial charge in [-0.15, -0.1) is 5.10 Å². The summed E-state index contributed by atoms with van der Waals surface area (Å²) in [6.45, 7) is 2.13. The molecule has 3 rings (SSSR count). The number of aryl methyl sites for hydroxylation is 1. The van der Waals surface area contributed by atoms with Gasteiger partial charge in [0.25, 0.3) is 0 Å². The SMILES string of the molecule is CCCc1nnsc1-c1nc2nc(N(C)C)ccc2[nH]1. The van der Waals surface area contributed by atoms with E-state index in [-0.39, 0.29) is 0 Å². The fraction of sp³-hybridized carbons (Fsp3) is 0.385. The number of fused-ring (bicyclic) bond motifs is 1. The number of hydrogen-bond donors (Lipinski definition) is 1. The molecule has 0 atom stereocenters. The Bertz CT molecular complexity index is 729. The Morgan fingerprint density at radius 2 is 2.10 bits per heavy atom. The number of imidazole rings is 1. The van der Waals surface area contributed by atoms with Crippen LogP contribution in [-0.2, 0) is 6.42 Å². The summed E-state index contributed by atoms with van der Waals surface area (Å²) in [4.78, 5) is 15.4. The van der Waals surface area contributed by atoms with E-state index in [0.717, 1.165) is 46.2 Å². The molecule has 0 amide bonds. The highest BCUT2D eigenvalue weighted by Crippen LogP contribution is 2.26. The van der Waals surface area contributed by atoms with Gasteiger partial charge in [-0.2, -0.15) is 0 Å². The van der Waals surface area contributed by atoms with Crippen LogP contribution in [0.4, 0.5) is 5.82 Å². The molecule has 0 saturated carbocycles. The first-order valence-corrected chi connectivity index (χ1v) is 7.32. The molecule has 0 saturated heterocycles. The third-order valence-corrected chi connectivity index (χ3v) is 3.82. The number of rotatable bonds is 4. The lowest BCUT2D eigenvalue weighted by molar-refractivity contribution is 0.870. The van der Waals surface area contributed by atoms with Crippen LogP contribution in [-0.4, -0.2) is 38.6 Å². The van der Waals surface area contributed by atoms with E-state index in [4.69, 9.17) is 0 Å². The van der Waals surface area contributed by atoms with Gasteiger partial charge in [0.15, 0.2) is 11.5 Å². The number of pyridine rings is 1. The fourth-order valence-corrected chi connectivity index (χ4v) is 2.68. The van der Waals surface area contributed by atoms with Crippen LogP contribution in [0.5, 0.6) is 0 Å². The molecule has 3 aromatic heterocycles. The van der Waals surface area contributed by atoms with Crippen LogP contribution in [0.1, 0.15) is 19.0 Å². The zero-order chi connectivity index (χ0) is 14.1.